The van der Waals surface area contributed by atoms with Crippen LogP contribution in [0.15, 0.2) is 24.3 Å². The quantitative estimate of drug-likeness (QED) is 0.888. The van der Waals surface area contributed by atoms with E-state index in [9.17, 15) is 9.18 Å². The van der Waals surface area contributed by atoms with Crippen molar-refractivity contribution in [3.05, 3.63) is 35.4 Å². The molecule has 1 aliphatic rings. The lowest BCUT2D eigenvalue weighted by Gasteiger charge is -2.29. The summed E-state index contributed by atoms with van der Waals surface area (Å²) in [4.78, 5) is 13.8. The lowest BCUT2D eigenvalue weighted by molar-refractivity contribution is 0.0636. The van der Waals surface area contributed by atoms with E-state index < -0.39 is 6.17 Å². The number of likely N-dealkylation sites (tertiary alicyclic amines) is 1. The fourth-order valence-corrected chi connectivity index (χ4v) is 2.27. The molecule has 0 aromatic heterocycles. The molecular formula is C14H19FN2O. The molecule has 1 aromatic carbocycles. The normalized spacial score (nSPS) is 19.9. The smallest absolute Gasteiger partial charge is 0.253 e. The first-order chi connectivity index (χ1) is 8.70. The number of nitrogens with two attached hydrogens (primary N) is 1. The fraction of sp³-hybridized carbons (Fsp3) is 0.500. The van der Waals surface area contributed by atoms with E-state index >= 15 is 0 Å². The van der Waals surface area contributed by atoms with Gasteiger partial charge in [-0.05, 0) is 43.5 Å². The summed E-state index contributed by atoms with van der Waals surface area (Å²) in [5, 5.41) is 0. The van der Waals surface area contributed by atoms with Crippen LogP contribution < -0.4 is 5.73 Å². The molecular weight excluding hydrogens is 231 g/mol. The molecule has 18 heavy (non-hydrogen) atoms. The molecule has 1 aromatic rings. The Hall–Kier alpha value is -1.42. The van der Waals surface area contributed by atoms with E-state index in [1.54, 1.807) is 17.0 Å². The molecule has 0 aliphatic carbocycles. The molecule has 1 aliphatic heterocycles. The van der Waals surface area contributed by atoms with Gasteiger partial charge in [0, 0.05) is 12.1 Å². The van der Waals surface area contributed by atoms with Crippen LogP contribution in [0.4, 0.5) is 4.39 Å². The number of alkyl halides is 1. The molecule has 0 radical (unpaired) electrons. The van der Waals surface area contributed by atoms with Crippen LogP contribution >= 0.6 is 0 Å². The van der Waals surface area contributed by atoms with Gasteiger partial charge in [0.25, 0.3) is 5.91 Å². The maximum Gasteiger partial charge on any atom is 0.253 e. The van der Waals surface area contributed by atoms with Gasteiger partial charge >= 0.3 is 0 Å². The second-order valence-corrected chi connectivity index (χ2v) is 4.73. The molecule has 1 unspecified atom stereocenters. The number of piperidine rings is 1. The molecule has 1 atom stereocenters. The Kier molecular flexibility index (Phi) is 4.31. The number of carbonyl (C=O) groups excluding carboxylic acids is 1. The second kappa shape index (κ2) is 5.96. The number of nitrogens with zero attached hydrogens (tertiary/aromatic N) is 1. The monoisotopic (exact) mass is 250 g/mol. The molecule has 4 heteroatoms. The Morgan fingerprint density at radius 2 is 2.11 bits per heavy atom. The highest BCUT2D eigenvalue weighted by Gasteiger charge is 2.23. The Morgan fingerprint density at radius 3 is 2.72 bits per heavy atom. The Bertz CT molecular complexity index is 405. The number of hydrogen-bond donors (Lipinski definition) is 1. The predicted octanol–water partition coefficient (Wildman–Crippen LogP) is 1.76. The predicted molar refractivity (Wildman–Crippen MR) is 69.2 cm³/mol. The summed E-state index contributed by atoms with van der Waals surface area (Å²) in [7, 11) is 0. The number of carbonyl (C=O) groups is 1. The molecule has 2 N–H and O–H groups in total. The van der Waals surface area contributed by atoms with Crippen LogP contribution in [0.1, 0.15) is 28.8 Å². The van der Waals surface area contributed by atoms with E-state index in [-0.39, 0.29) is 12.5 Å². The van der Waals surface area contributed by atoms with Crippen LogP contribution in [0.2, 0.25) is 0 Å². The van der Waals surface area contributed by atoms with Crippen molar-refractivity contribution in [2.45, 2.75) is 25.4 Å². The minimum Gasteiger partial charge on any atom is -0.336 e. The van der Waals surface area contributed by atoms with Gasteiger partial charge in [0.05, 0.1) is 6.54 Å². The van der Waals surface area contributed by atoms with Crippen LogP contribution in [-0.4, -0.2) is 36.6 Å². The van der Waals surface area contributed by atoms with Crippen molar-refractivity contribution in [3.63, 3.8) is 0 Å². The highest BCUT2D eigenvalue weighted by atomic mass is 19.1. The Balaban J connectivity index is 2.03. The van der Waals surface area contributed by atoms with Gasteiger partial charge < -0.3 is 10.6 Å². The number of halogens is 1. The van der Waals surface area contributed by atoms with E-state index in [2.05, 4.69) is 0 Å². The summed E-state index contributed by atoms with van der Waals surface area (Å²) in [6, 6.07) is 7.43. The first-order valence-electron chi connectivity index (χ1n) is 6.43. The van der Waals surface area contributed by atoms with Gasteiger partial charge in [-0.25, -0.2) is 4.39 Å². The van der Waals surface area contributed by atoms with Gasteiger partial charge in [0.2, 0.25) is 0 Å². The zero-order chi connectivity index (χ0) is 13.0. The molecule has 1 fully saturated rings. The zero-order valence-corrected chi connectivity index (χ0v) is 10.4. The summed E-state index contributed by atoms with van der Waals surface area (Å²) >= 11 is 0. The lowest BCUT2D eigenvalue weighted by Crippen LogP contribution is -2.40. The topological polar surface area (TPSA) is 46.3 Å². The van der Waals surface area contributed by atoms with Crippen molar-refractivity contribution < 1.29 is 9.18 Å². The molecule has 0 bridgehead atoms. The third kappa shape index (κ3) is 3.07. The average Bonchev–Trinajstić information content (AvgIpc) is 2.39. The van der Waals surface area contributed by atoms with Crippen LogP contribution in [0.3, 0.4) is 0 Å². The summed E-state index contributed by atoms with van der Waals surface area (Å²) < 4.78 is 13.3. The molecule has 0 saturated carbocycles. The summed E-state index contributed by atoms with van der Waals surface area (Å²) in [6.45, 7) is 1.48. The van der Waals surface area contributed by atoms with Crippen molar-refractivity contribution in [1.82, 2.24) is 4.90 Å². The van der Waals surface area contributed by atoms with E-state index in [4.69, 9.17) is 5.73 Å². The van der Waals surface area contributed by atoms with Gasteiger partial charge in [0.15, 0.2) is 0 Å². The summed E-state index contributed by atoms with van der Waals surface area (Å²) in [6.07, 6.45) is 1.25. The Labute approximate surface area is 107 Å². The van der Waals surface area contributed by atoms with E-state index in [0.29, 0.717) is 25.1 Å². The van der Waals surface area contributed by atoms with Gasteiger partial charge in [0.1, 0.15) is 6.17 Å². The van der Waals surface area contributed by atoms with Crippen molar-refractivity contribution in [2.24, 2.45) is 5.73 Å². The third-order valence-electron chi connectivity index (χ3n) is 3.28. The lowest BCUT2D eigenvalue weighted by atomic mass is 10.1. The number of benzene rings is 1. The first-order valence-corrected chi connectivity index (χ1v) is 6.43. The Morgan fingerprint density at radius 1 is 1.39 bits per heavy atom. The summed E-state index contributed by atoms with van der Waals surface area (Å²) in [5.41, 5.74) is 7.22. The fourth-order valence-electron chi connectivity index (χ4n) is 2.27. The highest BCUT2D eigenvalue weighted by molar-refractivity contribution is 5.94. The SMILES string of the molecule is NCCc1ccc(C(=O)N2CCCC(F)C2)cc1. The van der Waals surface area contributed by atoms with Crippen molar-refractivity contribution >= 4 is 5.91 Å². The molecule has 3 nitrogen and oxygen atoms in total. The van der Waals surface area contributed by atoms with Crippen LogP contribution in [-0.2, 0) is 6.42 Å². The molecule has 2 rings (SSSR count). The van der Waals surface area contributed by atoms with Crippen molar-refractivity contribution in [1.29, 1.82) is 0 Å². The number of amides is 1. The maximum atomic E-state index is 13.3. The molecule has 1 heterocycles. The largest absolute Gasteiger partial charge is 0.336 e. The van der Waals surface area contributed by atoms with E-state index in [0.717, 1.165) is 18.4 Å². The molecule has 1 amide bonds. The standard InChI is InChI=1S/C14H19FN2O/c15-13-2-1-9-17(10-13)14(18)12-5-3-11(4-6-12)7-8-16/h3-6,13H,1-2,7-10,16H2. The molecule has 98 valence electrons. The van der Waals surface area contributed by atoms with Crippen LogP contribution in [0.5, 0.6) is 0 Å². The number of rotatable bonds is 3. The third-order valence-corrected chi connectivity index (χ3v) is 3.28. The van der Waals surface area contributed by atoms with E-state index in [1.165, 1.54) is 0 Å². The minimum atomic E-state index is -0.876. The van der Waals surface area contributed by atoms with Gasteiger partial charge in [-0.1, -0.05) is 12.1 Å². The molecule has 0 spiro atoms. The first kappa shape index (κ1) is 13.0. The maximum absolute atomic E-state index is 13.3. The van der Waals surface area contributed by atoms with Gasteiger partial charge in [-0.2, -0.15) is 0 Å². The van der Waals surface area contributed by atoms with Gasteiger partial charge in [-0.3, -0.25) is 4.79 Å². The summed E-state index contributed by atoms with van der Waals surface area (Å²) in [5.74, 6) is -0.0725. The highest BCUT2D eigenvalue weighted by Crippen LogP contribution is 2.16. The molecule has 1 saturated heterocycles. The average molecular weight is 250 g/mol. The van der Waals surface area contributed by atoms with Crippen molar-refractivity contribution in [3.8, 4) is 0 Å². The van der Waals surface area contributed by atoms with Crippen LogP contribution in [0.25, 0.3) is 0 Å². The van der Waals surface area contributed by atoms with Gasteiger partial charge in [-0.15, -0.1) is 0 Å². The van der Waals surface area contributed by atoms with E-state index in [1.807, 2.05) is 12.1 Å². The van der Waals surface area contributed by atoms with Crippen LogP contribution in [0, 0.1) is 0 Å². The zero-order valence-electron chi connectivity index (χ0n) is 10.4. The van der Waals surface area contributed by atoms with Crippen molar-refractivity contribution in [2.75, 3.05) is 19.6 Å². The second-order valence-electron chi connectivity index (χ2n) is 4.73. The minimum absolute atomic E-state index is 0.0725. The number of hydrogen-bond acceptors (Lipinski definition) is 2.